The van der Waals surface area contributed by atoms with E-state index in [9.17, 15) is 4.79 Å². The van der Waals surface area contributed by atoms with E-state index in [-0.39, 0.29) is 11.9 Å². The van der Waals surface area contributed by atoms with Crippen LogP contribution in [0.1, 0.15) is 53.0 Å². The van der Waals surface area contributed by atoms with Crippen LogP contribution in [0.2, 0.25) is 0 Å². The van der Waals surface area contributed by atoms with Crippen LogP contribution in [0.15, 0.2) is 23.4 Å². The first-order valence-corrected chi connectivity index (χ1v) is 9.79. The summed E-state index contributed by atoms with van der Waals surface area (Å²) in [6.07, 6.45) is 3.08. The Morgan fingerprint density at radius 2 is 1.80 bits per heavy atom. The molecule has 0 aliphatic heterocycles. The third kappa shape index (κ3) is 5.05. The first kappa shape index (κ1) is 19.4. The molecule has 1 aromatic carbocycles. The van der Waals surface area contributed by atoms with Crippen molar-refractivity contribution in [3.8, 4) is 0 Å². The summed E-state index contributed by atoms with van der Waals surface area (Å²) >= 11 is 1.54. The van der Waals surface area contributed by atoms with Crippen molar-refractivity contribution in [2.24, 2.45) is 0 Å². The summed E-state index contributed by atoms with van der Waals surface area (Å²) in [6, 6.07) is 6.34. The van der Waals surface area contributed by atoms with Crippen LogP contribution in [0.3, 0.4) is 0 Å². The first-order chi connectivity index (χ1) is 11.8. The van der Waals surface area contributed by atoms with Crippen molar-refractivity contribution in [3.63, 3.8) is 0 Å². The minimum absolute atomic E-state index is 0.00436. The molecule has 0 aliphatic rings. The number of nitrogens with zero attached hydrogens (tertiary/aromatic N) is 2. The maximum atomic E-state index is 12.4. The number of rotatable bonds is 6. The molecule has 5 heteroatoms. The van der Waals surface area contributed by atoms with Gasteiger partial charge in [-0.3, -0.25) is 4.79 Å². The molecular weight excluding hydrogens is 330 g/mol. The number of nitrogens with one attached hydrogen (secondary N) is 1. The molecule has 1 N–H and O–H groups in total. The van der Waals surface area contributed by atoms with E-state index >= 15 is 0 Å². The fourth-order valence-electron chi connectivity index (χ4n) is 3.02. The van der Waals surface area contributed by atoms with Gasteiger partial charge in [-0.05, 0) is 64.0 Å². The molecule has 0 radical (unpaired) electrons. The van der Waals surface area contributed by atoms with E-state index in [0.717, 1.165) is 22.1 Å². The molecule has 0 bridgehead atoms. The number of hydrogen-bond acceptors (Lipinski definition) is 4. The second kappa shape index (κ2) is 8.48. The maximum absolute atomic E-state index is 12.4. The first-order valence-electron chi connectivity index (χ1n) is 8.56. The van der Waals surface area contributed by atoms with Crippen LogP contribution in [0.25, 0.3) is 0 Å². The van der Waals surface area contributed by atoms with Crippen molar-refractivity contribution < 1.29 is 4.79 Å². The summed E-state index contributed by atoms with van der Waals surface area (Å²) in [4.78, 5) is 21.3. The molecule has 0 aliphatic carbocycles. The van der Waals surface area contributed by atoms with E-state index in [4.69, 9.17) is 0 Å². The van der Waals surface area contributed by atoms with Gasteiger partial charge in [0.15, 0.2) is 5.16 Å². The van der Waals surface area contributed by atoms with Crippen LogP contribution in [-0.4, -0.2) is 22.1 Å². The number of thioether (sulfide) groups is 1. The fourth-order valence-corrected chi connectivity index (χ4v) is 3.47. The molecule has 1 heterocycles. The standard InChI is InChI=1S/C20H27N3OS/c1-12-7-8-13(2)18(11-12)16(5)21-19(24)10-9-17-14(3)22-20(25-6)23-15(17)4/h7-8,11,16H,9-10H2,1-6H3,(H,21,24). The van der Waals surface area contributed by atoms with Crippen molar-refractivity contribution in [1.29, 1.82) is 0 Å². The second-order valence-electron chi connectivity index (χ2n) is 6.51. The topological polar surface area (TPSA) is 54.9 Å². The van der Waals surface area contributed by atoms with Crippen molar-refractivity contribution in [1.82, 2.24) is 15.3 Å². The van der Waals surface area contributed by atoms with Crippen LogP contribution in [0.4, 0.5) is 0 Å². The zero-order valence-electron chi connectivity index (χ0n) is 15.9. The van der Waals surface area contributed by atoms with Crippen LogP contribution in [0.5, 0.6) is 0 Å². The van der Waals surface area contributed by atoms with Gasteiger partial charge in [-0.2, -0.15) is 0 Å². The lowest BCUT2D eigenvalue weighted by atomic mass is 9.99. The van der Waals surface area contributed by atoms with Crippen LogP contribution in [0, 0.1) is 27.7 Å². The zero-order valence-corrected chi connectivity index (χ0v) is 16.8. The molecule has 0 saturated carbocycles. The minimum Gasteiger partial charge on any atom is -0.350 e. The van der Waals surface area contributed by atoms with Crippen LogP contribution >= 0.6 is 11.8 Å². The fraction of sp³-hybridized carbons (Fsp3) is 0.450. The molecule has 134 valence electrons. The molecule has 1 atom stereocenters. The lowest BCUT2D eigenvalue weighted by Crippen LogP contribution is -2.27. The van der Waals surface area contributed by atoms with Gasteiger partial charge in [-0.1, -0.05) is 35.5 Å². The maximum Gasteiger partial charge on any atom is 0.220 e. The van der Waals surface area contributed by atoms with Gasteiger partial charge in [0.05, 0.1) is 6.04 Å². The highest BCUT2D eigenvalue weighted by molar-refractivity contribution is 7.98. The van der Waals surface area contributed by atoms with E-state index < -0.39 is 0 Å². The van der Waals surface area contributed by atoms with Gasteiger partial charge < -0.3 is 5.32 Å². The highest BCUT2D eigenvalue weighted by atomic mass is 32.2. The average Bonchev–Trinajstić information content (AvgIpc) is 2.55. The lowest BCUT2D eigenvalue weighted by molar-refractivity contribution is -0.121. The minimum atomic E-state index is 0.00436. The van der Waals surface area contributed by atoms with Gasteiger partial charge >= 0.3 is 0 Å². The summed E-state index contributed by atoms with van der Waals surface area (Å²) in [7, 11) is 0. The van der Waals surface area contributed by atoms with Gasteiger partial charge in [-0.25, -0.2) is 9.97 Å². The Morgan fingerprint density at radius 3 is 2.40 bits per heavy atom. The van der Waals surface area contributed by atoms with Gasteiger partial charge in [-0.15, -0.1) is 0 Å². The molecule has 2 rings (SSSR count). The summed E-state index contributed by atoms with van der Waals surface area (Å²) in [6.45, 7) is 10.2. The van der Waals surface area contributed by atoms with E-state index in [1.165, 1.54) is 28.5 Å². The summed E-state index contributed by atoms with van der Waals surface area (Å²) in [5.74, 6) is 0.0566. The summed E-state index contributed by atoms with van der Waals surface area (Å²) in [5.41, 5.74) is 6.59. The van der Waals surface area contributed by atoms with Crippen LogP contribution < -0.4 is 5.32 Å². The molecule has 2 aromatic rings. The predicted octanol–water partition coefficient (Wildman–Crippen LogP) is 4.24. The van der Waals surface area contributed by atoms with Crippen molar-refractivity contribution >= 4 is 17.7 Å². The Kier molecular flexibility index (Phi) is 6.59. The summed E-state index contributed by atoms with van der Waals surface area (Å²) < 4.78 is 0. The number of amides is 1. The highest BCUT2D eigenvalue weighted by Gasteiger charge is 2.14. The molecule has 25 heavy (non-hydrogen) atoms. The third-order valence-corrected chi connectivity index (χ3v) is 5.01. The van der Waals surface area contributed by atoms with Gasteiger partial charge in [0, 0.05) is 17.8 Å². The molecule has 1 amide bonds. The number of hydrogen-bond donors (Lipinski definition) is 1. The van der Waals surface area contributed by atoms with Gasteiger partial charge in [0.1, 0.15) is 0 Å². The molecule has 0 fully saturated rings. The van der Waals surface area contributed by atoms with E-state index in [0.29, 0.717) is 12.8 Å². The monoisotopic (exact) mass is 357 g/mol. The largest absolute Gasteiger partial charge is 0.350 e. The Balaban J connectivity index is 2.00. The van der Waals surface area contributed by atoms with Crippen molar-refractivity contribution in [2.45, 2.75) is 58.7 Å². The van der Waals surface area contributed by atoms with E-state index in [1.54, 1.807) is 0 Å². The van der Waals surface area contributed by atoms with Crippen molar-refractivity contribution in [2.75, 3.05) is 6.26 Å². The Bertz CT molecular complexity index is 751. The second-order valence-corrected chi connectivity index (χ2v) is 7.28. The zero-order chi connectivity index (χ0) is 18.6. The number of carbonyl (C=O) groups excluding carboxylic acids is 1. The Morgan fingerprint density at radius 1 is 1.16 bits per heavy atom. The van der Waals surface area contributed by atoms with E-state index in [1.807, 2.05) is 27.0 Å². The third-order valence-electron chi connectivity index (χ3n) is 4.46. The smallest absolute Gasteiger partial charge is 0.220 e. The highest BCUT2D eigenvalue weighted by Crippen LogP contribution is 2.20. The van der Waals surface area contributed by atoms with Crippen LogP contribution in [-0.2, 0) is 11.2 Å². The SMILES string of the molecule is CSc1nc(C)c(CCC(=O)NC(C)c2cc(C)ccc2C)c(C)n1. The predicted molar refractivity (Wildman–Crippen MR) is 104 cm³/mol. The lowest BCUT2D eigenvalue weighted by Gasteiger charge is -2.18. The molecule has 4 nitrogen and oxygen atoms in total. The number of carbonyl (C=O) groups is 1. The molecule has 0 saturated heterocycles. The summed E-state index contributed by atoms with van der Waals surface area (Å²) in [5, 5.41) is 3.90. The molecule has 1 aromatic heterocycles. The number of aromatic nitrogens is 2. The quantitative estimate of drug-likeness (QED) is 0.620. The molecular formula is C20H27N3OS. The van der Waals surface area contributed by atoms with Gasteiger partial charge in [0.2, 0.25) is 5.91 Å². The van der Waals surface area contributed by atoms with E-state index in [2.05, 4.69) is 47.3 Å². The molecule has 0 spiro atoms. The average molecular weight is 358 g/mol. The molecule has 1 unspecified atom stereocenters. The normalized spacial score (nSPS) is 12.1. The Hall–Kier alpha value is -1.88. The number of benzene rings is 1. The van der Waals surface area contributed by atoms with Crippen molar-refractivity contribution in [3.05, 3.63) is 51.8 Å². The number of aryl methyl sites for hydroxylation is 4. The van der Waals surface area contributed by atoms with Gasteiger partial charge in [0.25, 0.3) is 0 Å². The Labute approximate surface area is 154 Å².